The molecule has 1 atom stereocenters. The first-order chi connectivity index (χ1) is 7.68. The number of ketones is 1. The quantitative estimate of drug-likeness (QED) is 0.458. The predicted molar refractivity (Wildman–Crippen MR) is 68.3 cm³/mol. The van der Waals surface area contributed by atoms with Crippen molar-refractivity contribution < 1.29 is 4.79 Å². The Kier molecular flexibility index (Phi) is 10.7. The van der Waals surface area contributed by atoms with Gasteiger partial charge in [0, 0.05) is 0 Å². The average Bonchev–Trinajstić information content (AvgIpc) is 2.26. The van der Waals surface area contributed by atoms with Gasteiger partial charge in [0.2, 0.25) is 0 Å². The maximum absolute atomic E-state index is 10.9. The Balaban J connectivity index is 3.07. The summed E-state index contributed by atoms with van der Waals surface area (Å²) < 4.78 is 0. The SMILES string of the molecule is CC(=O)[C@@H](N)CCCNCCCCCCN. The Morgan fingerprint density at radius 1 is 1.12 bits per heavy atom. The Labute approximate surface area is 99.1 Å². The molecule has 0 radical (unpaired) electrons. The lowest BCUT2D eigenvalue weighted by atomic mass is 10.1. The van der Waals surface area contributed by atoms with Crippen LogP contribution < -0.4 is 16.8 Å². The first-order valence-electron chi connectivity index (χ1n) is 6.35. The van der Waals surface area contributed by atoms with Crippen LogP contribution in [0.25, 0.3) is 0 Å². The Morgan fingerprint density at radius 2 is 1.75 bits per heavy atom. The molecule has 0 aliphatic heterocycles. The average molecular weight is 229 g/mol. The molecule has 0 aliphatic carbocycles. The number of rotatable bonds is 11. The molecule has 0 heterocycles. The van der Waals surface area contributed by atoms with Crippen LogP contribution in [0.15, 0.2) is 0 Å². The van der Waals surface area contributed by atoms with Crippen LogP contribution in [0.1, 0.15) is 45.4 Å². The highest BCUT2D eigenvalue weighted by Crippen LogP contribution is 1.98. The molecule has 0 saturated heterocycles. The molecule has 0 bridgehead atoms. The third kappa shape index (κ3) is 10.1. The number of hydrogen-bond donors (Lipinski definition) is 3. The summed E-state index contributed by atoms with van der Waals surface area (Å²) >= 11 is 0. The van der Waals surface area contributed by atoms with Crippen LogP contribution in [0, 0.1) is 0 Å². The number of nitrogens with two attached hydrogens (primary N) is 2. The predicted octanol–water partition coefficient (Wildman–Crippen LogP) is 0.792. The van der Waals surface area contributed by atoms with Crippen molar-refractivity contribution in [1.29, 1.82) is 0 Å². The van der Waals surface area contributed by atoms with E-state index in [-0.39, 0.29) is 11.8 Å². The largest absolute Gasteiger partial charge is 0.330 e. The minimum absolute atomic E-state index is 0.0850. The van der Waals surface area contributed by atoms with Crippen molar-refractivity contribution in [3.8, 4) is 0 Å². The zero-order valence-electron chi connectivity index (χ0n) is 10.5. The van der Waals surface area contributed by atoms with E-state index in [2.05, 4.69) is 5.32 Å². The Bertz CT molecular complexity index is 174. The van der Waals surface area contributed by atoms with E-state index in [1.54, 1.807) is 6.92 Å². The smallest absolute Gasteiger partial charge is 0.146 e. The van der Waals surface area contributed by atoms with Gasteiger partial charge in [0.25, 0.3) is 0 Å². The van der Waals surface area contributed by atoms with Gasteiger partial charge in [-0.15, -0.1) is 0 Å². The molecule has 0 rings (SSSR count). The second-order valence-electron chi connectivity index (χ2n) is 4.31. The first kappa shape index (κ1) is 15.6. The highest BCUT2D eigenvalue weighted by Gasteiger charge is 2.06. The highest BCUT2D eigenvalue weighted by atomic mass is 16.1. The van der Waals surface area contributed by atoms with E-state index in [9.17, 15) is 4.79 Å². The van der Waals surface area contributed by atoms with Crippen LogP contribution in [0.2, 0.25) is 0 Å². The van der Waals surface area contributed by atoms with Crippen LogP contribution in [0.5, 0.6) is 0 Å². The van der Waals surface area contributed by atoms with Gasteiger partial charge in [-0.1, -0.05) is 12.8 Å². The van der Waals surface area contributed by atoms with E-state index >= 15 is 0 Å². The zero-order chi connectivity index (χ0) is 12.2. The van der Waals surface area contributed by atoms with E-state index in [0.717, 1.165) is 38.9 Å². The van der Waals surface area contributed by atoms with Gasteiger partial charge in [-0.05, 0) is 52.2 Å². The third-order valence-electron chi connectivity index (χ3n) is 2.70. The molecule has 0 aromatic rings. The van der Waals surface area contributed by atoms with Gasteiger partial charge in [-0.2, -0.15) is 0 Å². The molecule has 0 spiro atoms. The molecule has 0 fully saturated rings. The lowest BCUT2D eigenvalue weighted by Crippen LogP contribution is -2.29. The monoisotopic (exact) mass is 229 g/mol. The van der Waals surface area contributed by atoms with Crippen LogP contribution in [-0.4, -0.2) is 31.5 Å². The fourth-order valence-electron chi connectivity index (χ4n) is 1.52. The van der Waals surface area contributed by atoms with Crippen molar-refractivity contribution in [1.82, 2.24) is 5.32 Å². The molecule has 4 heteroatoms. The molecule has 4 nitrogen and oxygen atoms in total. The fraction of sp³-hybridized carbons (Fsp3) is 0.917. The topological polar surface area (TPSA) is 81.1 Å². The number of nitrogens with one attached hydrogen (secondary N) is 1. The molecule has 16 heavy (non-hydrogen) atoms. The van der Waals surface area contributed by atoms with Gasteiger partial charge in [-0.3, -0.25) is 4.79 Å². The van der Waals surface area contributed by atoms with Crippen LogP contribution in [0.4, 0.5) is 0 Å². The van der Waals surface area contributed by atoms with Gasteiger partial charge in [0.05, 0.1) is 6.04 Å². The molecular formula is C12H27N3O. The summed E-state index contributed by atoms with van der Waals surface area (Å²) in [6.45, 7) is 4.36. The van der Waals surface area contributed by atoms with Crippen molar-refractivity contribution in [3.63, 3.8) is 0 Å². The molecule has 0 aromatic heterocycles. The molecule has 96 valence electrons. The Morgan fingerprint density at radius 3 is 2.38 bits per heavy atom. The second kappa shape index (κ2) is 11.0. The van der Waals surface area contributed by atoms with E-state index < -0.39 is 0 Å². The van der Waals surface area contributed by atoms with Gasteiger partial charge in [0.1, 0.15) is 5.78 Å². The van der Waals surface area contributed by atoms with Gasteiger partial charge in [-0.25, -0.2) is 0 Å². The van der Waals surface area contributed by atoms with Crippen molar-refractivity contribution >= 4 is 5.78 Å². The van der Waals surface area contributed by atoms with Crippen molar-refractivity contribution in [3.05, 3.63) is 0 Å². The second-order valence-corrected chi connectivity index (χ2v) is 4.31. The summed E-state index contributed by atoms with van der Waals surface area (Å²) in [4.78, 5) is 10.9. The molecule has 0 saturated carbocycles. The van der Waals surface area contributed by atoms with Gasteiger partial charge >= 0.3 is 0 Å². The van der Waals surface area contributed by atoms with E-state index in [0.29, 0.717) is 0 Å². The maximum Gasteiger partial charge on any atom is 0.146 e. The molecule has 0 aromatic carbocycles. The minimum Gasteiger partial charge on any atom is -0.330 e. The van der Waals surface area contributed by atoms with E-state index in [1.807, 2.05) is 0 Å². The number of Topliss-reactive ketones (excluding diaryl/α,β-unsaturated/α-hetero) is 1. The molecule has 0 amide bonds. The minimum atomic E-state index is -0.272. The highest BCUT2D eigenvalue weighted by molar-refractivity contribution is 5.80. The lowest BCUT2D eigenvalue weighted by molar-refractivity contribution is -0.118. The maximum atomic E-state index is 10.9. The summed E-state index contributed by atoms with van der Waals surface area (Å²) in [7, 11) is 0. The molecule has 0 aliphatic rings. The van der Waals surface area contributed by atoms with Crippen molar-refractivity contribution in [2.75, 3.05) is 19.6 Å². The van der Waals surface area contributed by atoms with E-state index in [4.69, 9.17) is 11.5 Å². The Hall–Kier alpha value is -0.450. The summed E-state index contributed by atoms with van der Waals surface area (Å²) in [5.74, 6) is 0.0850. The van der Waals surface area contributed by atoms with Crippen LogP contribution >= 0.6 is 0 Å². The first-order valence-corrected chi connectivity index (χ1v) is 6.35. The summed E-state index contributed by atoms with van der Waals surface area (Å²) in [5, 5.41) is 3.36. The summed E-state index contributed by atoms with van der Waals surface area (Å²) in [6.07, 6.45) is 6.58. The summed E-state index contributed by atoms with van der Waals surface area (Å²) in [5.41, 5.74) is 11.0. The zero-order valence-corrected chi connectivity index (χ0v) is 10.5. The van der Waals surface area contributed by atoms with Crippen LogP contribution in [-0.2, 0) is 4.79 Å². The standard InChI is InChI=1S/C12H27N3O/c1-11(16)12(14)7-6-10-15-9-5-3-2-4-8-13/h12,15H,2-10,13-14H2,1H3/t12-/m0/s1. The fourth-order valence-corrected chi connectivity index (χ4v) is 1.52. The van der Waals surface area contributed by atoms with Gasteiger partial charge in [0.15, 0.2) is 0 Å². The lowest BCUT2D eigenvalue weighted by Gasteiger charge is -2.08. The van der Waals surface area contributed by atoms with Crippen molar-refractivity contribution in [2.24, 2.45) is 11.5 Å². The van der Waals surface area contributed by atoms with E-state index in [1.165, 1.54) is 19.3 Å². The van der Waals surface area contributed by atoms with Crippen LogP contribution in [0.3, 0.4) is 0 Å². The normalized spacial score (nSPS) is 12.7. The summed E-state index contributed by atoms with van der Waals surface area (Å²) in [6, 6.07) is -0.272. The van der Waals surface area contributed by atoms with Crippen molar-refractivity contribution in [2.45, 2.75) is 51.5 Å². The number of carbonyl (C=O) groups is 1. The molecule has 5 N–H and O–H groups in total. The molecule has 0 unspecified atom stereocenters. The number of hydrogen-bond acceptors (Lipinski definition) is 4. The van der Waals surface area contributed by atoms with Gasteiger partial charge < -0.3 is 16.8 Å². The third-order valence-corrected chi connectivity index (χ3v) is 2.70. The number of carbonyl (C=O) groups excluding carboxylic acids is 1. The number of unbranched alkanes of at least 4 members (excludes halogenated alkanes) is 3. The molecular weight excluding hydrogens is 202 g/mol.